The van der Waals surface area contributed by atoms with Gasteiger partial charge in [-0.15, -0.1) is 0 Å². The maximum atomic E-state index is 5.32. The lowest BCUT2D eigenvalue weighted by Gasteiger charge is -2.12. The van der Waals surface area contributed by atoms with E-state index in [1.165, 1.54) is 5.56 Å². The Morgan fingerprint density at radius 2 is 2.22 bits per heavy atom. The summed E-state index contributed by atoms with van der Waals surface area (Å²) in [5.41, 5.74) is 2.29. The molecule has 0 amide bonds. The number of furan rings is 1. The van der Waals surface area contributed by atoms with Crippen LogP contribution in [0.1, 0.15) is 30.4 Å². The molecule has 18 heavy (non-hydrogen) atoms. The molecule has 0 fully saturated rings. The second-order valence-electron chi connectivity index (χ2n) is 4.73. The summed E-state index contributed by atoms with van der Waals surface area (Å²) in [7, 11) is 0. The van der Waals surface area contributed by atoms with Gasteiger partial charge in [-0.2, -0.15) is 0 Å². The van der Waals surface area contributed by atoms with Crippen LogP contribution in [0.15, 0.2) is 41.1 Å². The molecule has 0 aliphatic carbocycles. The van der Waals surface area contributed by atoms with Crippen molar-refractivity contribution in [1.82, 2.24) is 10.3 Å². The highest BCUT2D eigenvalue weighted by Gasteiger charge is 2.04. The second-order valence-corrected chi connectivity index (χ2v) is 4.73. The smallest absolute Gasteiger partial charge is 0.103 e. The van der Waals surface area contributed by atoms with Crippen LogP contribution >= 0.6 is 0 Å². The zero-order valence-corrected chi connectivity index (χ0v) is 11.0. The Bertz CT molecular complexity index is 448. The number of nitrogens with zero attached hydrogens (tertiary/aromatic N) is 1. The minimum atomic E-state index is 0.457. The summed E-state index contributed by atoms with van der Waals surface area (Å²) in [5, 5.41) is 3.48. The lowest BCUT2D eigenvalue weighted by molar-refractivity contribution is 0.458. The van der Waals surface area contributed by atoms with E-state index in [2.05, 4.69) is 36.3 Å². The van der Waals surface area contributed by atoms with Crippen LogP contribution in [-0.4, -0.2) is 11.0 Å². The van der Waals surface area contributed by atoms with Gasteiger partial charge in [-0.1, -0.05) is 6.07 Å². The lowest BCUT2D eigenvalue weighted by atomic mass is 10.1. The molecule has 2 rings (SSSR count). The molecule has 0 spiro atoms. The average molecular weight is 244 g/mol. The first kappa shape index (κ1) is 12.8. The molecule has 1 N–H and O–H groups in total. The van der Waals surface area contributed by atoms with Gasteiger partial charge in [0.15, 0.2) is 0 Å². The first-order valence-electron chi connectivity index (χ1n) is 6.41. The van der Waals surface area contributed by atoms with E-state index >= 15 is 0 Å². The molecule has 1 unspecified atom stereocenters. The van der Waals surface area contributed by atoms with Gasteiger partial charge in [0.2, 0.25) is 0 Å². The minimum Gasteiger partial charge on any atom is -0.469 e. The summed E-state index contributed by atoms with van der Waals surface area (Å²) in [6.45, 7) is 5.06. The zero-order chi connectivity index (χ0) is 12.8. The van der Waals surface area contributed by atoms with Gasteiger partial charge >= 0.3 is 0 Å². The largest absolute Gasteiger partial charge is 0.469 e. The molecule has 3 nitrogen and oxygen atoms in total. The normalized spacial score (nSPS) is 12.6. The first-order valence-corrected chi connectivity index (χ1v) is 6.41. The molecule has 0 aromatic carbocycles. The summed E-state index contributed by atoms with van der Waals surface area (Å²) >= 11 is 0. The fraction of sp³-hybridized carbons (Fsp3) is 0.400. The van der Waals surface area contributed by atoms with Crippen molar-refractivity contribution < 1.29 is 4.42 Å². The summed E-state index contributed by atoms with van der Waals surface area (Å²) < 4.78 is 5.32. The summed E-state index contributed by atoms with van der Waals surface area (Å²) in [6, 6.07) is 8.58. The molecule has 1 atom stereocenters. The van der Waals surface area contributed by atoms with Gasteiger partial charge in [0.1, 0.15) is 5.76 Å². The van der Waals surface area contributed by atoms with Crippen molar-refractivity contribution in [3.05, 3.63) is 53.7 Å². The monoisotopic (exact) mass is 244 g/mol. The molecule has 2 aromatic rings. The molecule has 0 aliphatic rings. The quantitative estimate of drug-likeness (QED) is 0.848. The Balaban J connectivity index is 1.71. The fourth-order valence-corrected chi connectivity index (χ4v) is 1.80. The van der Waals surface area contributed by atoms with Crippen LogP contribution in [0.4, 0.5) is 0 Å². The average Bonchev–Trinajstić information content (AvgIpc) is 2.89. The van der Waals surface area contributed by atoms with Crippen LogP contribution in [-0.2, 0) is 13.0 Å². The highest BCUT2D eigenvalue weighted by molar-refractivity contribution is 5.12. The predicted molar refractivity (Wildman–Crippen MR) is 72.3 cm³/mol. The lowest BCUT2D eigenvalue weighted by Crippen LogP contribution is -2.26. The summed E-state index contributed by atoms with van der Waals surface area (Å²) in [6.07, 6.45) is 5.68. The van der Waals surface area contributed by atoms with Crippen molar-refractivity contribution in [2.24, 2.45) is 0 Å². The van der Waals surface area contributed by atoms with Gasteiger partial charge in [0.25, 0.3) is 0 Å². The Morgan fingerprint density at radius 3 is 2.89 bits per heavy atom. The standard InChI is InChI=1S/C15H20N2O/c1-12-5-7-14(17-10-12)11-16-13(2)6-8-15-4-3-9-18-15/h3-5,7,9-10,13,16H,6,8,11H2,1-2H3. The maximum absolute atomic E-state index is 5.32. The van der Waals surface area contributed by atoms with E-state index in [1.54, 1.807) is 6.26 Å². The van der Waals surface area contributed by atoms with Crippen LogP contribution in [0.5, 0.6) is 0 Å². The van der Waals surface area contributed by atoms with Crippen molar-refractivity contribution in [3.63, 3.8) is 0 Å². The van der Waals surface area contributed by atoms with E-state index in [9.17, 15) is 0 Å². The van der Waals surface area contributed by atoms with E-state index in [0.717, 1.165) is 30.8 Å². The highest BCUT2D eigenvalue weighted by Crippen LogP contribution is 2.06. The molecular formula is C15H20N2O. The van der Waals surface area contributed by atoms with Gasteiger partial charge in [0, 0.05) is 25.2 Å². The number of hydrogen-bond donors (Lipinski definition) is 1. The van der Waals surface area contributed by atoms with Gasteiger partial charge < -0.3 is 9.73 Å². The zero-order valence-electron chi connectivity index (χ0n) is 11.0. The van der Waals surface area contributed by atoms with E-state index < -0.39 is 0 Å². The first-order chi connectivity index (χ1) is 8.74. The van der Waals surface area contributed by atoms with Gasteiger partial charge in [-0.25, -0.2) is 0 Å². The van der Waals surface area contributed by atoms with Gasteiger partial charge in [-0.05, 0) is 44.0 Å². The maximum Gasteiger partial charge on any atom is 0.103 e. The number of hydrogen-bond acceptors (Lipinski definition) is 3. The SMILES string of the molecule is Cc1ccc(CNC(C)CCc2ccco2)nc1. The molecule has 96 valence electrons. The van der Waals surface area contributed by atoms with Gasteiger partial charge in [-0.3, -0.25) is 4.98 Å². The number of nitrogens with one attached hydrogen (secondary N) is 1. The molecule has 2 heterocycles. The van der Waals surface area contributed by atoms with E-state index in [4.69, 9.17) is 4.42 Å². The Morgan fingerprint density at radius 1 is 1.33 bits per heavy atom. The van der Waals surface area contributed by atoms with Crippen LogP contribution in [0.25, 0.3) is 0 Å². The third-order valence-electron chi connectivity index (χ3n) is 3.01. The van der Waals surface area contributed by atoms with Crippen molar-refractivity contribution in [2.75, 3.05) is 0 Å². The van der Waals surface area contributed by atoms with Crippen LogP contribution in [0, 0.1) is 6.92 Å². The summed E-state index contributed by atoms with van der Waals surface area (Å²) in [5.74, 6) is 1.05. The second kappa shape index (κ2) is 6.36. The number of pyridine rings is 1. The molecule has 0 saturated carbocycles. The Kier molecular flexibility index (Phi) is 4.53. The van der Waals surface area contributed by atoms with Crippen molar-refractivity contribution in [3.8, 4) is 0 Å². The van der Waals surface area contributed by atoms with Gasteiger partial charge in [0.05, 0.1) is 12.0 Å². The van der Waals surface area contributed by atoms with E-state index in [-0.39, 0.29) is 0 Å². The van der Waals surface area contributed by atoms with Crippen LogP contribution < -0.4 is 5.32 Å². The molecule has 0 saturated heterocycles. The molecule has 2 aromatic heterocycles. The molecule has 0 aliphatic heterocycles. The number of aryl methyl sites for hydroxylation is 2. The predicted octanol–water partition coefficient (Wildman–Crippen LogP) is 3.09. The highest BCUT2D eigenvalue weighted by atomic mass is 16.3. The summed E-state index contributed by atoms with van der Waals surface area (Å²) in [4.78, 5) is 4.38. The molecule has 3 heteroatoms. The number of rotatable bonds is 6. The van der Waals surface area contributed by atoms with Crippen molar-refractivity contribution in [2.45, 2.75) is 39.3 Å². The van der Waals surface area contributed by atoms with Crippen molar-refractivity contribution >= 4 is 0 Å². The fourth-order valence-electron chi connectivity index (χ4n) is 1.80. The van der Waals surface area contributed by atoms with E-state index in [0.29, 0.717) is 6.04 Å². The third kappa shape index (κ3) is 4.00. The topological polar surface area (TPSA) is 38.1 Å². The van der Waals surface area contributed by atoms with E-state index in [1.807, 2.05) is 18.3 Å². The van der Waals surface area contributed by atoms with Crippen LogP contribution in [0.2, 0.25) is 0 Å². The molecule has 0 radical (unpaired) electrons. The molecule has 0 bridgehead atoms. The Hall–Kier alpha value is -1.61. The van der Waals surface area contributed by atoms with Crippen molar-refractivity contribution in [1.29, 1.82) is 0 Å². The minimum absolute atomic E-state index is 0.457. The number of aromatic nitrogens is 1. The van der Waals surface area contributed by atoms with Crippen LogP contribution in [0.3, 0.4) is 0 Å². The molecular weight excluding hydrogens is 224 g/mol. The third-order valence-corrected chi connectivity index (χ3v) is 3.01. The Labute approximate surface area is 108 Å².